The SMILES string of the molecule is CCNC(=NCc1cc(Cl)ccc1OC(F)F)NCC1CC(=O)Nc2ccccc21.I. The van der Waals surface area contributed by atoms with E-state index in [4.69, 9.17) is 11.6 Å². The summed E-state index contributed by atoms with van der Waals surface area (Å²) in [4.78, 5) is 16.5. The molecular weight excluding hydrogens is 541 g/mol. The van der Waals surface area contributed by atoms with Crippen LogP contribution < -0.4 is 20.7 Å². The molecule has 0 spiro atoms. The van der Waals surface area contributed by atoms with Crippen LogP contribution in [0, 0.1) is 0 Å². The standard InChI is InChI=1S/C21H23ClF2N4O2.HI/c1-2-25-21(27-12-14-9-15(22)7-8-18(14)30-20(23)24)26-11-13-10-19(29)28-17-6-4-3-5-16(13)17;/h3-9,13,20H,2,10-12H2,1H3,(H,28,29)(H2,25,26,27);1H. The lowest BCUT2D eigenvalue weighted by Gasteiger charge is -2.26. The number of para-hydroxylation sites is 1. The minimum Gasteiger partial charge on any atom is -0.434 e. The first-order chi connectivity index (χ1) is 14.5. The third-order valence-electron chi connectivity index (χ3n) is 4.61. The van der Waals surface area contributed by atoms with Crippen molar-refractivity contribution in [1.82, 2.24) is 10.6 Å². The van der Waals surface area contributed by atoms with Crippen molar-refractivity contribution < 1.29 is 18.3 Å². The largest absolute Gasteiger partial charge is 0.434 e. The van der Waals surface area contributed by atoms with Gasteiger partial charge in [0.05, 0.1) is 6.54 Å². The molecule has 10 heteroatoms. The van der Waals surface area contributed by atoms with Gasteiger partial charge in [-0.25, -0.2) is 4.99 Å². The van der Waals surface area contributed by atoms with Crippen LogP contribution in [-0.4, -0.2) is 31.6 Å². The maximum atomic E-state index is 12.7. The summed E-state index contributed by atoms with van der Waals surface area (Å²) < 4.78 is 29.9. The summed E-state index contributed by atoms with van der Waals surface area (Å²) in [5.41, 5.74) is 2.32. The first kappa shape index (κ1) is 25.1. The normalized spacial score (nSPS) is 15.6. The number of carbonyl (C=O) groups excluding carboxylic acids is 1. The van der Waals surface area contributed by atoms with Gasteiger partial charge in [-0.15, -0.1) is 24.0 Å². The summed E-state index contributed by atoms with van der Waals surface area (Å²) in [5, 5.41) is 9.64. The van der Waals surface area contributed by atoms with E-state index in [-0.39, 0.29) is 48.1 Å². The van der Waals surface area contributed by atoms with Gasteiger partial charge in [0.15, 0.2) is 5.96 Å². The predicted molar refractivity (Wildman–Crippen MR) is 129 cm³/mol. The molecule has 1 aliphatic heterocycles. The molecule has 0 aromatic heterocycles. The van der Waals surface area contributed by atoms with E-state index >= 15 is 0 Å². The van der Waals surface area contributed by atoms with E-state index in [0.29, 0.717) is 36.1 Å². The lowest BCUT2D eigenvalue weighted by molar-refractivity contribution is -0.116. The number of amides is 1. The van der Waals surface area contributed by atoms with Crippen LogP contribution in [0.15, 0.2) is 47.5 Å². The highest BCUT2D eigenvalue weighted by Gasteiger charge is 2.24. The van der Waals surface area contributed by atoms with Crippen LogP contribution in [0.5, 0.6) is 5.75 Å². The molecule has 3 rings (SSSR count). The molecule has 31 heavy (non-hydrogen) atoms. The first-order valence-electron chi connectivity index (χ1n) is 9.60. The number of ether oxygens (including phenoxy) is 1. The Morgan fingerprint density at radius 1 is 1.29 bits per heavy atom. The lowest BCUT2D eigenvalue weighted by Crippen LogP contribution is -2.40. The van der Waals surface area contributed by atoms with Gasteiger partial charge in [-0.3, -0.25) is 4.79 Å². The number of guanidine groups is 1. The summed E-state index contributed by atoms with van der Waals surface area (Å²) in [6.07, 6.45) is 0.365. The second-order valence-corrected chi connectivity index (χ2v) is 7.18. The molecule has 168 valence electrons. The van der Waals surface area contributed by atoms with Crippen molar-refractivity contribution >= 4 is 53.1 Å². The quantitative estimate of drug-likeness (QED) is 0.258. The maximum absolute atomic E-state index is 12.7. The summed E-state index contributed by atoms with van der Waals surface area (Å²) in [6, 6.07) is 12.1. The van der Waals surface area contributed by atoms with Crippen LogP contribution in [0.1, 0.15) is 30.4 Å². The molecule has 2 aromatic rings. The highest BCUT2D eigenvalue weighted by molar-refractivity contribution is 14.0. The van der Waals surface area contributed by atoms with Crippen LogP contribution in [0.3, 0.4) is 0 Å². The van der Waals surface area contributed by atoms with E-state index in [1.54, 1.807) is 6.07 Å². The number of hydrogen-bond acceptors (Lipinski definition) is 3. The van der Waals surface area contributed by atoms with Gasteiger partial charge in [-0.05, 0) is 36.8 Å². The Labute approximate surface area is 201 Å². The van der Waals surface area contributed by atoms with Crippen LogP contribution in [-0.2, 0) is 11.3 Å². The average Bonchev–Trinajstić information content (AvgIpc) is 2.71. The van der Waals surface area contributed by atoms with Gasteiger partial charge in [0.2, 0.25) is 5.91 Å². The number of anilines is 1. The highest BCUT2D eigenvalue weighted by atomic mass is 127. The molecule has 0 saturated heterocycles. The van der Waals surface area contributed by atoms with E-state index < -0.39 is 6.61 Å². The number of rotatable bonds is 7. The number of aliphatic imine (C=N–C) groups is 1. The zero-order chi connectivity index (χ0) is 21.5. The van der Waals surface area contributed by atoms with Crippen LogP contribution in [0.2, 0.25) is 5.02 Å². The molecule has 1 atom stereocenters. The summed E-state index contributed by atoms with van der Waals surface area (Å²) in [6.45, 7) is 0.193. The molecule has 0 bridgehead atoms. The van der Waals surface area contributed by atoms with Crippen molar-refractivity contribution in [1.29, 1.82) is 0 Å². The fourth-order valence-electron chi connectivity index (χ4n) is 3.29. The number of hydrogen-bond donors (Lipinski definition) is 3. The predicted octanol–water partition coefficient (Wildman–Crippen LogP) is 4.74. The number of nitrogens with one attached hydrogen (secondary N) is 3. The van der Waals surface area contributed by atoms with E-state index in [1.807, 2.05) is 31.2 Å². The van der Waals surface area contributed by atoms with Gasteiger partial charge in [0, 0.05) is 41.7 Å². The maximum Gasteiger partial charge on any atom is 0.387 e. The molecule has 6 nitrogen and oxygen atoms in total. The van der Waals surface area contributed by atoms with E-state index in [0.717, 1.165) is 11.3 Å². The van der Waals surface area contributed by atoms with Crippen molar-refractivity contribution in [2.45, 2.75) is 32.4 Å². The second kappa shape index (κ2) is 12.0. The Bertz CT molecular complexity index is 930. The molecule has 0 fully saturated rings. The van der Waals surface area contributed by atoms with Gasteiger partial charge in [0.1, 0.15) is 5.75 Å². The lowest BCUT2D eigenvalue weighted by atomic mass is 9.90. The number of benzene rings is 2. The summed E-state index contributed by atoms with van der Waals surface area (Å²) >= 11 is 5.99. The van der Waals surface area contributed by atoms with Crippen molar-refractivity contribution in [3.05, 3.63) is 58.6 Å². The van der Waals surface area contributed by atoms with Gasteiger partial charge in [-0.1, -0.05) is 29.8 Å². The van der Waals surface area contributed by atoms with Gasteiger partial charge >= 0.3 is 6.61 Å². The van der Waals surface area contributed by atoms with Crippen LogP contribution in [0.4, 0.5) is 14.5 Å². The van der Waals surface area contributed by atoms with Gasteiger partial charge < -0.3 is 20.7 Å². The smallest absolute Gasteiger partial charge is 0.387 e. The third-order valence-corrected chi connectivity index (χ3v) is 4.85. The molecule has 0 aliphatic carbocycles. The van der Waals surface area contributed by atoms with E-state index in [9.17, 15) is 13.6 Å². The summed E-state index contributed by atoms with van der Waals surface area (Å²) in [5.74, 6) is 0.494. The van der Waals surface area contributed by atoms with Crippen LogP contribution >= 0.6 is 35.6 Å². The van der Waals surface area contributed by atoms with Crippen molar-refractivity contribution in [2.24, 2.45) is 4.99 Å². The number of alkyl halides is 2. The summed E-state index contributed by atoms with van der Waals surface area (Å²) in [7, 11) is 0. The van der Waals surface area contributed by atoms with Crippen molar-refractivity contribution in [2.75, 3.05) is 18.4 Å². The Hall–Kier alpha value is -2.14. The Kier molecular flexibility index (Phi) is 9.76. The monoisotopic (exact) mass is 564 g/mol. The fraction of sp³-hybridized carbons (Fsp3) is 0.333. The Balaban J connectivity index is 0.00000341. The van der Waals surface area contributed by atoms with Crippen molar-refractivity contribution in [3.8, 4) is 5.75 Å². The Morgan fingerprint density at radius 3 is 2.81 bits per heavy atom. The molecule has 3 N–H and O–H groups in total. The molecule has 2 aromatic carbocycles. The first-order valence-corrected chi connectivity index (χ1v) is 9.98. The second-order valence-electron chi connectivity index (χ2n) is 6.74. The van der Waals surface area contributed by atoms with Gasteiger partial charge in [0.25, 0.3) is 0 Å². The van der Waals surface area contributed by atoms with Gasteiger partial charge in [-0.2, -0.15) is 8.78 Å². The number of carbonyl (C=O) groups is 1. The minimum atomic E-state index is -2.93. The molecular formula is C21H24ClF2IN4O2. The molecule has 1 aliphatic rings. The number of halogens is 4. The Morgan fingerprint density at radius 2 is 2.06 bits per heavy atom. The molecule has 0 radical (unpaired) electrons. The molecule has 0 saturated carbocycles. The minimum absolute atomic E-state index is 0. The van der Waals surface area contributed by atoms with Crippen LogP contribution in [0.25, 0.3) is 0 Å². The molecule has 1 unspecified atom stereocenters. The molecule has 1 amide bonds. The third kappa shape index (κ3) is 7.20. The topological polar surface area (TPSA) is 74.8 Å². The van der Waals surface area contributed by atoms with E-state index in [1.165, 1.54) is 12.1 Å². The number of fused-ring (bicyclic) bond motifs is 1. The zero-order valence-corrected chi connectivity index (χ0v) is 19.9. The van der Waals surface area contributed by atoms with Crippen molar-refractivity contribution in [3.63, 3.8) is 0 Å². The molecule has 1 heterocycles. The zero-order valence-electron chi connectivity index (χ0n) is 16.8. The highest BCUT2D eigenvalue weighted by Crippen LogP contribution is 2.31. The average molecular weight is 565 g/mol. The van der Waals surface area contributed by atoms with E-state index in [2.05, 4.69) is 25.7 Å². The number of nitrogens with zero attached hydrogens (tertiary/aromatic N) is 1. The fourth-order valence-corrected chi connectivity index (χ4v) is 3.49.